The summed E-state index contributed by atoms with van der Waals surface area (Å²) in [5.74, 6) is -0.132. The van der Waals surface area contributed by atoms with Crippen LogP contribution in [0.25, 0.3) is 0 Å². The van der Waals surface area contributed by atoms with E-state index >= 15 is 0 Å². The van der Waals surface area contributed by atoms with Crippen LogP contribution in [0.15, 0.2) is 24.3 Å². The second kappa shape index (κ2) is 8.53. The third-order valence-corrected chi connectivity index (χ3v) is 5.26. The molecular weight excluding hydrogens is 372 g/mol. The minimum Gasteiger partial charge on any atom is -0.497 e. The molecule has 7 nitrogen and oxygen atoms in total. The second-order valence-corrected chi connectivity index (χ2v) is 8.90. The van der Waals surface area contributed by atoms with Gasteiger partial charge in [0.15, 0.2) is 0 Å². The molecule has 2 fully saturated rings. The summed E-state index contributed by atoms with van der Waals surface area (Å²) in [7, 11) is 1.56. The average molecular weight is 402 g/mol. The van der Waals surface area contributed by atoms with E-state index in [2.05, 4.69) is 0 Å². The molecule has 3 amide bonds. The first-order valence-electron chi connectivity index (χ1n) is 10.1. The predicted molar refractivity (Wildman–Crippen MR) is 109 cm³/mol. The van der Waals surface area contributed by atoms with E-state index in [0.717, 1.165) is 12.8 Å². The summed E-state index contributed by atoms with van der Waals surface area (Å²) < 4.78 is 10.8. The number of anilines is 1. The Labute approximate surface area is 171 Å². The highest BCUT2D eigenvalue weighted by molar-refractivity contribution is 6.23. The number of rotatable bonds is 6. The molecule has 158 valence electrons. The second-order valence-electron chi connectivity index (χ2n) is 8.90. The molecule has 0 aliphatic carbocycles. The van der Waals surface area contributed by atoms with Gasteiger partial charge < -0.3 is 14.4 Å². The van der Waals surface area contributed by atoms with Crippen LogP contribution in [0.4, 0.5) is 5.69 Å². The van der Waals surface area contributed by atoms with Crippen LogP contribution in [0, 0.1) is 5.41 Å². The van der Waals surface area contributed by atoms with Crippen molar-refractivity contribution in [2.45, 2.75) is 58.6 Å². The van der Waals surface area contributed by atoms with Crippen molar-refractivity contribution in [3.05, 3.63) is 24.3 Å². The van der Waals surface area contributed by atoms with Gasteiger partial charge in [-0.15, -0.1) is 0 Å². The molecule has 0 saturated carbocycles. The lowest BCUT2D eigenvalue weighted by atomic mass is 9.91. The molecular formula is C22H30N2O5. The molecule has 0 aromatic heterocycles. The maximum atomic E-state index is 13.2. The van der Waals surface area contributed by atoms with E-state index in [9.17, 15) is 14.4 Å². The fourth-order valence-corrected chi connectivity index (χ4v) is 3.83. The first-order valence-corrected chi connectivity index (χ1v) is 10.1. The van der Waals surface area contributed by atoms with E-state index in [-0.39, 0.29) is 35.7 Å². The van der Waals surface area contributed by atoms with Crippen LogP contribution < -0.4 is 9.64 Å². The highest BCUT2D eigenvalue weighted by atomic mass is 16.5. The van der Waals surface area contributed by atoms with Crippen LogP contribution >= 0.6 is 0 Å². The fraction of sp³-hybridized carbons (Fsp3) is 0.591. The zero-order valence-corrected chi connectivity index (χ0v) is 17.6. The smallest absolute Gasteiger partial charge is 0.257 e. The van der Waals surface area contributed by atoms with E-state index in [1.807, 2.05) is 20.8 Å². The largest absolute Gasteiger partial charge is 0.497 e. The van der Waals surface area contributed by atoms with Gasteiger partial charge in [-0.25, -0.2) is 4.90 Å². The summed E-state index contributed by atoms with van der Waals surface area (Å²) in [6.07, 6.45) is 2.02. The van der Waals surface area contributed by atoms with Crippen molar-refractivity contribution in [3.63, 3.8) is 0 Å². The number of methoxy groups -OCH3 is 1. The summed E-state index contributed by atoms with van der Waals surface area (Å²) in [5, 5.41) is 0. The van der Waals surface area contributed by atoms with Crippen molar-refractivity contribution in [3.8, 4) is 5.75 Å². The van der Waals surface area contributed by atoms with Gasteiger partial charge in [0.25, 0.3) is 5.91 Å². The van der Waals surface area contributed by atoms with Gasteiger partial charge in [0.05, 0.1) is 25.3 Å². The molecule has 2 aliphatic heterocycles. The first kappa shape index (κ1) is 21.3. The number of carbonyl (C=O) groups is 3. The summed E-state index contributed by atoms with van der Waals surface area (Å²) in [4.78, 5) is 41.7. The Balaban J connectivity index is 1.83. The minimum atomic E-state index is -0.788. The molecule has 2 atom stereocenters. The van der Waals surface area contributed by atoms with Gasteiger partial charge in [-0.3, -0.25) is 14.4 Å². The number of hydrogen-bond acceptors (Lipinski definition) is 5. The Morgan fingerprint density at radius 3 is 2.48 bits per heavy atom. The third-order valence-electron chi connectivity index (χ3n) is 5.26. The Bertz CT molecular complexity index is 762. The average Bonchev–Trinajstić information content (AvgIpc) is 3.26. The summed E-state index contributed by atoms with van der Waals surface area (Å²) in [5.41, 5.74) is 0.274. The molecule has 0 radical (unpaired) electrons. The van der Waals surface area contributed by atoms with E-state index in [4.69, 9.17) is 9.47 Å². The molecule has 29 heavy (non-hydrogen) atoms. The van der Waals surface area contributed by atoms with Crippen molar-refractivity contribution in [1.29, 1.82) is 0 Å². The molecule has 0 N–H and O–H groups in total. The van der Waals surface area contributed by atoms with Crippen LogP contribution in [0.5, 0.6) is 5.75 Å². The van der Waals surface area contributed by atoms with Crippen LogP contribution in [-0.2, 0) is 19.1 Å². The lowest BCUT2D eigenvalue weighted by Crippen LogP contribution is -2.49. The Hall–Kier alpha value is -2.41. The molecule has 0 spiro atoms. The summed E-state index contributed by atoms with van der Waals surface area (Å²) >= 11 is 0. The maximum Gasteiger partial charge on any atom is 0.257 e. The van der Waals surface area contributed by atoms with Gasteiger partial charge in [0.1, 0.15) is 11.8 Å². The number of imide groups is 1. The summed E-state index contributed by atoms with van der Waals surface area (Å²) in [6, 6.07) is 5.98. The van der Waals surface area contributed by atoms with E-state index in [1.54, 1.807) is 36.3 Å². The maximum absolute atomic E-state index is 13.2. The number of carbonyl (C=O) groups excluding carboxylic acids is 3. The zero-order valence-electron chi connectivity index (χ0n) is 17.6. The SMILES string of the molecule is COc1ccc(N2C(=O)CC(N(CC3CCCO3)C(=O)CC(C)(C)C)C2=O)cc1. The number of hydrogen-bond donors (Lipinski definition) is 0. The molecule has 2 unspecified atom stereocenters. The number of benzene rings is 1. The fourth-order valence-electron chi connectivity index (χ4n) is 3.83. The lowest BCUT2D eigenvalue weighted by Gasteiger charge is -2.32. The molecule has 2 aliphatic rings. The van der Waals surface area contributed by atoms with Crippen LogP contribution in [0.3, 0.4) is 0 Å². The molecule has 1 aromatic rings. The molecule has 2 heterocycles. The topological polar surface area (TPSA) is 76.2 Å². The van der Waals surface area contributed by atoms with Crippen molar-refractivity contribution >= 4 is 23.4 Å². The minimum absolute atomic E-state index is 0.00648. The van der Waals surface area contributed by atoms with Crippen molar-refractivity contribution in [2.24, 2.45) is 5.41 Å². The van der Waals surface area contributed by atoms with Crippen molar-refractivity contribution in [1.82, 2.24) is 4.90 Å². The highest BCUT2D eigenvalue weighted by Gasteiger charge is 2.45. The van der Waals surface area contributed by atoms with Crippen molar-refractivity contribution in [2.75, 3.05) is 25.2 Å². The van der Waals surface area contributed by atoms with Gasteiger partial charge in [0, 0.05) is 19.6 Å². The van der Waals surface area contributed by atoms with E-state index in [0.29, 0.717) is 31.0 Å². The molecule has 0 bridgehead atoms. The lowest BCUT2D eigenvalue weighted by molar-refractivity contribution is -0.141. The predicted octanol–water partition coefficient (Wildman–Crippen LogP) is 2.77. The molecule has 2 saturated heterocycles. The molecule has 7 heteroatoms. The molecule has 1 aromatic carbocycles. The quantitative estimate of drug-likeness (QED) is 0.684. The van der Waals surface area contributed by atoms with Gasteiger partial charge in [-0.1, -0.05) is 20.8 Å². The van der Waals surface area contributed by atoms with Crippen molar-refractivity contribution < 1.29 is 23.9 Å². The monoisotopic (exact) mass is 402 g/mol. The highest BCUT2D eigenvalue weighted by Crippen LogP contribution is 2.30. The van der Waals surface area contributed by atoms with Gasteiger partial charge in [-0.05, 0) is 42.5 Å². The Kier molecular flexibility index (Phi) is 6.27. The van der Waals surface area contributed by atoms with Crippen LogP contribution in [-0.4, -0.2) is 55.0 Å². The van der Waals surface area contributed by atoms with E-state index in [1.165, 1.54) is 4.90 Å². The number of amides is 3. The third kappa shape index (κ3) is 4.96. The van der Waals surface area contributed by atoms with Gasteiger partial charge in [-0.2, -0.15) is 0 Å². The molecule has 3 rings (SSSR count). The number of nitrogens with zero attached hydrogens (tertiary/aromatic N) is 2. The van der Waals surface area contributed by atoms with Gasteiger partial charge >= 0.3 is 0 Å². The zero-order chi connectivity index (χ0) is 21.2. The Morgan fingerprint density at radius 2 is 1.93 bits per heavy atom. The standard InChI is InChI=1S/C22H30N2O5/c1-22(2,3)13-20(26)23(14-17-6-5-11-29-17)18-12-19(25)24(21(18)27)15-7-9-16(28-4)10-8-15/h7-10,17-18H,5-6,11-14H2,1-4H3. The van der Waals surface area contributed by atoms with E-state index < -0.39 is 6.04 Å². The Morgan fingerprint density at radius 1 is 1.24 bits per heavy atom. The first-order chi connectivity index (χ1) is 13.7. The summed E-state index contributed by atoms with van der Waals surface area (Å²) in [6.45, 7) is 6.97. The van der Waals surface area contributed by atoms with Crippen LogP contribution in [0.1, 0.15) is 46.5 Å². The van der Waals surface area contributed by atoms with Gasteiger partial charge in [0.2, 0.25) is 11.8 Å². The van der Waals surface area contributed by atoms with Crippen LogP contribution in [0.2, 0.25) is 0 Å². The number of ether oxygens (including phenoxy) is 2. The normalized spacial score (nSPS) is 22.3.